The molecular weight excluding hydrogens is 557 g/mol. The van der Waals surface area contributed by atoms with Crippen molar-refractivity contribution < 1.29 is 31.1 Å². The number of fused-ring (bicyclic) bond motifs is 1. The Morgan fingerprint density at radius 2 is 1.92 bits per heavy atom. The van der Waals surface area contributed by atoms with Crippen LogP contribution >= 0.6 is 11.6 Å². The Morgan fingerprint density at radius 1 is 1.15 bits per heavy atom. The van der Waals surface area contributed by atoms with Gasteiger partial charge in [-0.1, -0.05) is 23.7 Å². The number of hydrogen-bond acceptors (Lipinski definition) is 5. The summed E-state index contributed by atoms with van der Waals surface area (Å²) in [5, 5.41) is 7.61. The molecule has 5 rings (SSSR count). The molecule has 0 bridgehead atoms. The number of alkyl halides is 3. The van der Waals surface area contributed by atoms with Crippen LogP contribution in [-0.2, 0) is 16.6 Å². The van der Waals surface area contributed by atoms with Gasteiger partial charge < -0.3 is 10.1 Å². The molecule has 39 heavy (non-hydrogen) atoms. The second kappa shape index (κ2) is 10.2. The smallest absolute Gasteiger partial charge is 0.406 e. The van der Waals surface area contributed by atoms with Crippen LogP contribution in [-0.4, -0.2) is 35.7 Å². The highest BCUT2D eigenvalue weighted by Gasteiger charge is 2.35. The highest BCUT2D eigenvalue weighted by Crippen LogP contribution is 2.31. The topological polar surface area (TPSA) is 102 Å². The van der Waals surface area contributed by atoms with Crippen LogP contribution < -0.4 is 14.8 Å². The molecule has 3 aromatic carbocycles. The van der Waals surface area contributed by atoms with Crippen molar-refractivity contribution in [2.45, 2.75) is 37.9 Å². The molecule has 204 valence electrons. The van der Waals surface area contributed by atoms with Gasteiger partial charge in [0.15, 0.2) is 0 Å². The van der Waals surface area contributed by atoms with Gasteiger partial charge in [0.1, 0.15) is 5.75 Å². The average Bonchev–Trinajstić information content (AvgIpc) is 3.65. The molecule has 0 saturated heterocycles. The molecule has 1 amide bonds. The van der Waals surface area contributed by atoms with Crippen LogP contribution in [0.3, 0.4) is 0 Å². The van der Waals surface area contributed by atoms with Crippen molar-refractivity contribution in [1.29, 1.82) is 0 Å². The van der Waals surface area contributed by atoms with Crippen LogP contribution in [0.2, 0.25) is 5.02 Å². The standard InChI is InChI=1S/C26H22ClF3N4O4S/c1-15-11-17(6-10-24(15)38-26(28,29)30)34-23-4-2-3-22(20(23)14-31-34)33-25(35)19-12-16(5-9-21(19)27)13-32-39(36,37)18-7-8-18/h2-6,9-12,14,18,32H,7-8,13H2,1H3,(H,33,35). The van der Waals surface area contributed by atoms with E-state index in [9.17, 15) is 26.4 Å². The summed E-state index contributed by atoms with van der Waals surface area (Å²) in [6.45, 7) is 1.53. The van der Waals surface area contributed by atoms with E-state index in [0.717, 1.165) is 0 Å². The molecule has 0 spiro atoms. The van der Waals surface area contributed by atoms with Gasteiger partial charge in [-0.3, -0.25) is 4.79 Å². The van der Waals surface area contributed by atoms with E-state index in [-0.39, 0.29) is 33.7 Å². The molecule has 1 aliphatic rings. The summed E-state index contributed by atoms with van der Waals surface area (Å²) in [4.78, 5) is 13.2. The highest BCUT2D eigenvalue weighted by atomic mass is 35.5. The quantitative estimate of drug-likeness (QED) is 0.278. The maximum absolute atomic E-state index is 13.2. The SMILES string of the molecule is Cc1cc(-n2ncc3c(NC(=O)c4cc(CNS(=O)(=O)C5CC5)ccc4Cl)cccc32)ccc1OC(F)(F)F. The Balaban J connectivity index is 1.38. The number of hydrogen-bond donors (Lipinski definition) is 2. The average molecular weight is 579 g/mol. The number of halogens is 4. The van der Waals surface area contributed by atoms with Crippen molar-refractivity contribution in [3.8, 4) is 11.4 Å². The molecule has 13 heteroatoms. The lowest BCUT2D eigenvalue weighted by molar-refractivity contribution is -0.274. The first-order valence-corrected chi connectivity index (χ1v) is 13.8. The number of benzene rings is 3. The van der Waals surface area contributed by atoms with Gasteiger partial charge in [0.05, 0.1) is 38.9 Å². The van der Waals surface area contributed by atoms with Crippen molar-refractivity contribution in [3.05, 3.63) is 82.5 Å². The van der Waals surface area contributed by atoms with Crippen LogP contribution in [0.5, 0.6) is 5.75 Å². The van der Waals surface area contributed by atoms with Crippen molar-refractivity contribution in [1.82, 2.24) is 14.5 Å². The normalized spacial score (nSPS) is 14.0. The van der Waals surface area contributed by atoms with Crippen LogP contribution in [0.25, 0.3) is 16.6 Å². The Labute approximate surface area is 226 Å². The van der Waals surface area contributed by atoms with Crippen molar-refractivity contribution >= 4 is 44.1 Å². The van der Waals surface area contributed by atoms with Crippen LogP contribution in [0.15, 0.2) is 60.8 Å². The number of rotatable bonds is 8. The zero-order valence-electron chi connectivity index (χ0n) is 20.4. The van der Waals surface area contributed by atoms with Gasteiger partial charge in [-0.15, -0.1) is 13.2 Å². The molecule has 1 fully saturated rings. The third-order valence-corrected chi connectivity index (χ3v) is 8.43. The summed E-state index contributed by atoms with van der Waals surface area (Å²) >= 11 is 6.28. The summed E-state index contributed by atoms with van der Waals surface area (Å²) in [7, 11) is -3.39. The number of carbonyl (C=O) groups excluding carboxylic acids is 1. The largest absolute Gasteiger partial charge is 0.573 e. The first-order chi connectivity index (χ1) is 18.4. The Kier molecular flexibility index (Phi) is 7.04. The van der Waals surface area contributed by atoms with Gasteiger partial charge in [0.2, 0.25) is 10.0 Å². The molecule has 0 atom stereocenters. The van der Waals surface area contributed by atoms with E-state index in [1.54, 1.807) is 24.3 Å². The van der Waals surface area contributed by atoms with E-state index in [4.69, 9.17) is 11.6 Å². The molecule has 2 N–H and O–H groups in total. The highest BCUT2D eigenvalue weighted by molar-refractivity contribution is 7.90. The third-order valence-electron chi connectivity index (χ3n) is 6.21. The van der Waals surface area contributed by atoms with Crippen molar-refractivity contribution in [2.24, 2.45) is 0 Å². The number of nitrogens with zero attached hydrogens (tertiary/aromatic N) is 2. The minimum Gasteiger partial charge on any atom is -0.406 e. The minimum absolute atomic E-state index is 0.0326. The predicted octanol–water partition coefficient (Wildman–Crippen LogP) is 5.72. The van der Waals surface area contributed by atoms with E-state index in [1.807, 2.05) is 0 Å². The number of ether oxygens (including phenoxy) is 1. The third kappa shape index (κ3) is 6.02. The van der Waals surface area contributed by atoms with Crippen LogP contribution in [0.1, 0.15) is 34.3 Å². The van der Waals surface area contributed by atoms with E-state index >= 15 is 0 Å². The number of anilines is 1. The first-order valence-electron chi connectivity index (χ1n) is 11.8. The summed E-state index contributed by atoms with van der Waals surface area (Å²) < 4.78 is 70.3. The first kappa shape index (κ1) is 27.0. The molecule has 1 aromatic heterocycles. The number of aromatic nitrogens is 2. The van der Waals surface area contributed by atoms with Gasteiger partial charge in [-0.2, -0.15) is 5.10 Å². The lowest BCUT2D eigenvalue weighted by Gasteiger charge is -2.13. The Bertz CT molecular complexity index is 1680. The predicted molar refractivity (Wildman–Crippen MR) is 141 cm³/mol. The molecule has 0 unspecified atom stereocenters. The maximum Gasteiger partial charge on any atom is 0.573 e. The number of amides is 1. The fourth-order valence-corrected chi connectivity index (χ4v) is 5.66. The van der Waals surface area contributed by atoms with Crippen molar-refractivity contribution in [2.75, 3.05) is 5.32 Å². The van der Waals surface area contributed by atoms with E-state index in [1.165, 1.54) is 48.1 Å². The van der Waals surface area contributed by atoms with Gasteiger partial charge >= 0.3 is 6.36 Å². The van der Waals surface area contributed by atoms with Gasteiger partial charge in [0, 0.05) is 11.9 Å². The van der Waals surface area contributed by atoms with Gasteiger partial charge in [-0.25, -0.2) is 17.8 Å². The second-order valence-electron chi connectivity index (χ2n) is 9.13. The summed E-state index contributed by atoms with van der Waals surface area (Å²) in [5.41, 5.74) is 2.56. The molecule has 8 nitrogen and oxygen atoms in total. The summed E-state index contributed by atoms with van der Waals surface area (Å²) in [6, 6.07) is 14.0. The zero-order valence-corrected chi connectivity index (χ0v) is 22.0. The van der Waals surface area contributed by atoms with Crippen LogP contribution in [0, 0.1) is 6.92 Å². The number of carbonyl (C=O) groups is 1. The molecule has 0 radical (unpaired) electrons. The van der Waals surface area contributed by atoms with E-state index in [2.05, 4.69) is 19.9 Å². The lowest BCUT2D eigenvalue weighted by atomic mass is 10.1. The van der Waals surface area contributed by atoms with Crippen molar-refractivity contribution in [3.63, 3.8) is 0 Å². The fourth-order valence-electron chi connectivity index (χ4n) is 4.10. The molecule has 1 aliphatic carbocycles. The van der Waals surface area contributed by atoms with E-state index < -0.39 is 22.3 Å². The molecular formula is C26H22ClF3N4O4S. The number of nitrogens with one attached hydrogen (secondary N) is 2. The molecule has 1 saturated carbocycles. The number of sulfonamides is 1. The second-order valence-corrected chi connectivity index (χ2v) is 11.6. The van der Waals surface area contributed by atoms with Crippen LogP contribution in [0.4, 0.5) is 18.9 Å². The Hall–Kier alpha value is -3.61. The lowest BCUT2D eigenvalue weighted by Crippen LogP contribution is -2.26. The molecule has 0 aliphatic heterocycles. The molecule has 4 aromatic rings. The van der Waals surface area contributed by atoms with Gasteiger partial charge in [-0.05, 0) is 73.4 Å². The Morgan fingerprint density at radius 3 is 2.62 bits per heavy atom. The zero-order chi connectivity index (χ0) is 27.9. The number of aryl methyl sites for hydroxylation is 1. The van der Waals surface area contributed by atoms with Gasteiger partial charge in [0.25, 0.3) is 5.91 Å². The maximum atomic E-state index is 13.2. The summed E-state index contributed by atoms with van der Waals surface area (Å²) in [6.07, 6.45) is -1.98. The minimum atomic E-state index is -4.80. The monoisotopic (exact) mass is 578 g/mol. The molecule has 1 heterocycles. The summed E-state index contributed by atoms with van der Waals surface area (Å²) in [5.74, 6) is -0.813. The fraction of sp³-hybridized carbons (Fsp3) is 0.231. The van der Waals surface area contributed by atoms with E-state index in [0.29, 0.717) is 40.7 Å².